The summed E-state index contributed by atoms with van der Waals surface area (Å²) in [6.45, 7) is 0. The zero-order valence-electron chi connectivity index (χ0n) is 15.9. The number of benzene rings is 1. The van der Waals surface area contributed by atoms with E-state index in [-0.39, 0.29) is 28.5 Å². The first kappa shape index (κ1) is 21.3. The third-order valence-corrected chi connectivity index (χ3v) is 6.10. The summed E-state index contributed by atoms with van der Waals surface area (Å²) in [6, 6.07) is 7.43. The quantitative estimate of drug-likeness (QED) is 0.495. The van der Waals surface area contributed by atoms with Gasteiger partial charge in [-0.1, -0.05) is 29.3 Å². The van der Waals surface area contributed by atoms with Gasteiger partial charge in [-0.2, -0.15) is 13.2 Å². The zero-order valence-corrected chi connectivity index (χ0v) is 17.4. The van der Waals surface area contributed by atoms with Crippen molar-refractivity contribution in [3.8, 4) is 11.1 Å². The number of rotatable bonds is 4. The summed E-state index contributed by atoms with van der Waals surface area (Å²) in [5.74, 6) is 0. The number of nitrogens with zero attached hydrogens (tertiary/aromatic N) is 2. The van der Waals surface area contributed by atoms with E-state index in [2.05, 4.69) is 10.3 Å². The van der Waals surface area contributed by atoms with E-state index in [1.54, 1.807) is 12.1 Å². The van der Waals surface area contributed by atoms with Gasteiger partial charge in [-0.05, 0) is 49.4 Å². The van der Waals surface area contributed by atoms with Gasteiger partial charge in [0.1, 0.15) is 0 Å². The third-order valence-electron chi connectivity index (χ3n) is 5.41. The number of hydrogen-bond donors (Lipinski definition) is 2. The Morgan fingerprint density at radius 1 is 1.13 bits per heavy atom. The lowest BCUT2D eigenvalue weighted by Gasteiger charge is -2.27. The number of aliphatic hydroxyl groups excluding tert-OH is 1. The maximum Gasteiger partial charge on any atom is 0.394 e. The molecule has 0 aliphatic heterocycles. The minimum absolute atomic E-state index is 0.0288. The van der Waals surface area contributed by atoms with Gasteiger partial charge in [0.05, 0.1) is 34.0 Å². The number of hydrogen-bond acceptors (Lipinski definition) is 3. The summed E-state index contributed by atoms with van der Waals surface area (Å²) in [6.07, 6.45) is 0.397. The van der Waals surface area contributed by atoms with Crippen LogP contribution in [0.1, 0.15) is 31.4 Å². The first-order chi connectivity index (χ1) is 14.2. The molecule has 4 nitrogen and oxygen atoms in total. The fraction of sp³-hybridized carbons (Fsp3) is 0.381. The predicted molar refractivity (Wildman–Crippen MR) is 112 cm³/mol. The molecule has 160 valence electrons. The molecule has 0 unspecified atom stereocenters. The van der Waals surface area contributed by atoms with E-state index >= 15 is 0 Å². The van der Waals surface area contributed by atoms with Gasteiger partial charge < -0.3 is 14.8 Å². The normalized spacial score (nSPS) is 19.9. The lowest BCUT2D eigenvalue weighted by atomic mass is 9.93. The fourth-order valence-corrected chi connectivity index (χ4v) is 4.41. The van der Waals surface area contributed by atoms with Crippen LogP contribution in [0.2, 0.25) is 10.0 Å². The first-order valence-electron chi connectivity index (χ1n) is 9.67. The smallest absolute Gasteiger partial charge is 0.393 e. The average molecular weight is 458 g/mol. The highest BCUT2D eigenvalue weighted by molar-refractivity contribution is 6.36. The van der Waals surface area contributed by atoms with Gasteiger partial charge in [-0.15, -0.1) is 0 Å². The van der Waals surface area contributed by atoms with Crippen molar-refractivity contribution >= 4 is 34.5 Å². The molecule has 4 rings (SSSR count). The molecule has 3 aromatic rings. The van der Waals surface area contributed by atoms with Crippen molar-refractivity contribution < 1.29 is 18.3 Å². The summed E-state index contributed by atoms with van der Waals surface area (Å²) in [5, 5.41) is 13.8. The van der Waals surface area contributed by atoms with Crippen LogP contribution in [0.4, 0.5) is 18.9 Å². The second kappa shape index (κ2) is 8.29. The molecule has 2 aromatic heterocycles. The summed E-state index contributed by atoms with van der Waals surface area (Å²) in [7, 11) is 0. The van der Waals surface area contributed by atoms with Crippen LogP contribution in [-0.4, -0.2) is 32.8 Å². The molecule has 1 fully saturated rings. The van der Waals surface area contributed by atoms with Crippen LogP contribution in [0.3, 0.4) is 0 Å². The Kier molecular flexibility index (Phi) is 5.88. The first-order valence-corrected chi connectivity index (χ1v) is 10.4. The van der Waals surface area contributed by atoms with E-state index in [4.69, 9.17) is 23.2 Å². The van der Waals surface area contributed by atoms with Crippen LogP contribution in [0.15, 0.2) is 36.7 Å². The van der Waals surface area contributed by atoms with Gasteiger partial charge in [-0.3, -0.25) is 0 Å². The molecule has 0 radical (unpaired) electrons. The Labute approximate surface area is 181 Å². The number of aromatic nitrogens is 2. The predicted octanol–water partition coefficient (Wildman–Crippen LogP) is 6.13. The molecule has 2 N–H and O–H groups in total. The highest BCUT2D eigenvalue weighted by atomic mass is 35.5. The van der Waals surface area contributed by atoms with Gasteiger partial charge in [0.25, 0.3) is 0 Å². The van der Waals surface area contributed by atoms with Crippen molar-refractivity contribution in [2.75, 3.05) is 5.32 Å². The average Bonchev–Trinajstić information content (AvgIpc) is 3.07. The maximum absolute atomic E-state index is 12.8. The van der Waals surface area contributed by atoms with Crippen molar-refractivity contribution in [2.24, 2.45) is 0 Å². The highest BCUT2D eigenvalue weighted by Crippen LogP contribution is 2.36. The molecule has 1 aliphatic rings. The number of pyridine rings is 1. The van der Waals surface area contributed by atoms with Crippen molar-refractivity contribution in [1.29, 1.82) is 0 Å². The lowest BCUT2D eigenvalue weighted by molar-refractivity contribution is -0.127. The van der Waals surface area contributed by atoms with E-state index < -0.39 is 12.6 Å². The molecule has 2 heterocycles. The number of anilines is 1. The zero-order chi connectivity index (χ0) is 21.5. The monoisotopic (exact) mass is 457 g/mol. The van der Waals surface area contributed by atoms with Crippen LogP contribution in [0.25, 0.3) is 16.8 Å². The molecule has 0 amide bonds. The summed E-state index contributed by atoms with van der Waals surface area (Å²) >= 11 is 12.9. The number of alkyl halides is 3. The van der Waals surface area contributed by atoms with E-state index in [1.165, 1.54) is 16.8 Å². The lowest BCUT2D eigenvalue weighted by Crippen LogP contribution is -2.28. The number of imidazole rings is 1. The molecule has 1 aromatic carbocycles. The summed E-state index contributed by atoms with van der Waals surface area (Å²) in [5.41, 5.74) is 2.49. The molecule has 0 bridgehead atoms. The molecular weight excluding hydrogens is 438 g/mol. The summed E-state index contributed by atoms with van der Waals surface area (Å²) < 4.78 is 39.6. The molecule has 1 saturated carbocycles. The molecular formula is C21H20Cl2F3N3O. The second-order valence-corrected chi connectivity index (χ2v) is 8.41. The van der Waals surface area contributed by atoms with Crippen molar-refractivity contribution in [3.63, 3.8) is 0 Å². The van der Waals surface area contributed by atoms with Crippen molar-refractivity contribution in [3.05, 3.63) is 52.4 Å². The third kappa shape index (κ3) is 4.53. The van der Waals surface area contributed by atoms with E-state index in [9.17, 15) is 18.3 Å². The van der Waals surface area contributed by atoms with Crippen molar-refractivity contribution in [2.45, 2.75) is 50.4 Å². The molecule has 0 saturated heterocycles. The van der Waals surface area contributed by atoms with Gasteiger partial charge in [0, 0.05) is 24.0 Å². The van der Waals surface area contributed by atoms with Crippen LogP contribution in [-0.2, 0) is 6.42 Å². The van der Waals surface area contributed by atoms with Crippen LogP contribution < -0.4 is 5.32 Å². The number of aliphatic hydroxyl groups is 1. The molecule has 30 heavy (non-hydrogen) atoms. The number of halogens is 5. The van der Waals surface area contributed by atoms with Crippen LogP contribution in [0.5, 0.6) is 0 Å². The Balaban J connectivity index is 1.59. The molecule has 1 aliphatic carbocycles. The number of nitrogens with one attached hydrogen (secondary N) is 1. The topological polar surface area (TPSA) is 49.6 Å². The Bertz CT molecular complexity index is 1060. The second-order valence-electron chi connectivity index (χ2n) is 7.62. The van der Waals surface area contributed by atoms with E-state index in [1.807, 2.05) is 12.1 Å². The van der Waals surface area contributed by atoms with Crippen LogP contribution >= 0.6 is 23.2 Å². The van der Waals surface area contributed by atoms with E-state index in [0.717, 1.165) is 36.9 Å². The Morgan fingerprint density at radius 3 is 2.53 bits per heavy atom. The largest absolute Gasteiger partial charge is 0.394 e. The standard InChI is InChI=1S/C21H20Cl2F3N3O/c22-17-9-12(1-6-18(17)28-13-2-4-15(30)5-3-13)16-7-8-29-14(10-21(24,25)26)11-27-20(29)19(16)23/h1,6-9,11,13,15,28,30H,2-5,10H2. The van der Waals surface area contributed by atoms with Gasteiger partial charge in [-0.25, -0.2) is 4.98 Å². The SMILES string of the molecule is OC1CCC(Nc2ccc(-c3ccn4c(CC(F)(F)F)cnc4c3Cl)cc2Cl)CC1. The number of fused-ring (bicyclic) bond motifs is 1. The Hall–Kier alpha value is -1.96. The van der Waals surface area contributed by atoms with Gasteiger partial charge in [0.15, 0.2) is 5.65 Å². The van der Waals surface area contributed by atoms with E-state index in [0.29, 0.717) is 10.6 Å². The molecule has 9 heteroatoms. The van der Waals surface area contributed by atoms with Gasteiger partial charge in [0.2, 0.25) is 0 Å². The molecule has 0 spiro atoms. The van der Waals surface area contributed by atoms with Gasteiger partial charge >= 0.3 is 6.18 Å². The minimum Gasteiger partial charge on any atom is -0.393 e. The fourth-order valence-electron chi connectivity index (χ4n) is 3.87. The highest BCUT2D eigenvalue weighted by Gasteiger charge is 2.29. The summed E-state index contributed by atoms with van der Waals surface area (Å²) in [4.78, 5) is 4.08. The Morgan fingerprint density at radius 2 is 1.87 bits per heavy atom. The minimum atomic E-state index is -4.33. The van der Waals surface area contributed by atoms with Crippen molar-refractivity contribution in [1.82, 2.24) is 9.38 Å². The maximum atomic E-state index is 12.8. The molecule has 0 atom stereocenters. The van der Waals surface area contributed by atoms with Crippen LogP contribution in [0, 0.1) is 0 Å².